The van der Waals surface area contributed by atoms with Crippen LogP contribution in [0.5, 0.6) is 0 Å². The molecule has 3 heterocycles. The van der Waals surface area contributed by atoms with Crippen molar-refractivity contribution in [2.24, 2.45) is 0 Å². The van der Waals surface area contributed by atoms with Crippen molar-refractivity contribution >= 4 is 54.9 Å². The molecule has 0 aliphatic heterocycles. The van der Waals surface area contributed by atoms with E-state index in [0.717, 1.165) is 16.8 Å². The second-order valence-electron chi connectivity index (χ2n) is 11.5. The molecule has 0 bridgehead atoms. The second kappa shape index (κ2) is 8.18. The van der Waals surface area contributed by atoms with E-state index in [0.29, 0.717) is 5.92 Å². The van der Waals surface area contributed by atoms with Crippen LogP contribution in [0.1, 0.15) is 25.3 Å². The maximum atomic E-state index is 5.16. The monoisotopic (exact) mass is 525 g/mol. The number of rotatable bonds is 3. The van der Waals surface area contributed by atoms with Gasteiger partial charge in [-0.25, -0.2) is 4.98 Å². The van der Waals surface area contributed by atoms with Crippen molar-refractivity contribution in [1.29, 1.82) is 0 Å². The summed E-state index contributed by atoms with van der Waals surface area (Å²) in [6.07, 6.45) is 0. The van der Waals surface area contributed by atoms with Crippen molar-refractivity contribution in [3.05, 3.63) is 127 Å². The van der Waals surface area contributed by atoms with E-state index in [1.807, 2.05) is 0 Å². The fourth-order valence-electron chi connectivity index (χ4n) is 6.86. The smallest absolute Gasteiger partial charge is 0.220 e. The number of para-hydroxylation sites is 2. The third-order valence-corrected chi connectivity index (χ3v) is 8.79. The van der Waals surface area contributed by atoms with Crippen LogP contribution >= 0.6 is 0 Å². The summed E-state index contributed by atoms with van der Waals surface area (Å²) in [7, 11) is 0. The first-order valence-corrected chi connectivity index (χ1v) is 14.3. The van der Waals surface area contributed by atoms with Gasteiger partial charge in [-0.05, 0) is 87.0 Å². The van der Waals surface area contributed by atoms with Crippen molar-refractivity contribution in [2.45, 2.75) is 19.8 Å². The topological polar surface area (TPSA) is 21.7 Å². The van der Waals surface area contributed by atoms with Crippen LogP contribution < -0.4 is 0 Å². The molecule has 3 heteroatoms. The summed E-state index contributed by atoms with van der Waals surface area (Å²) in [5.74, 6) is 1.37. The average Bonchev–Trinajstić information content (AvgIpc) is 3.65. The molecule has 6 aromatic carbocycles. The third-order valence-electron chi connectivity index (χ3n) is 8.79. The van der Waals surface area contributed by atoms with Crippen LogP contribution in [-0.4, -0.2) is 13.8 Å². The Hall–Kier alpha value is -5.15. The van der Waals surface area contributed by atoms with Gasteiger partial charge in [0.05, 0.1) is 27.6 Å². The molecule has 0 N–H and O–H groups in total. The van der Waals surface area contributed by atoms with Gasteiger partial charge < -0.3 is 0 Å². The molecule has 0 radical (unpaired) electrons. The Bertz CT molecular complexity index is 2440. The van der Waals surface area contributed by atoms with Gasteiger partial charge >= 0.3 is 0 Å². The zero-order chi connectivity index (χ0) is 27.2. The van der Waals surface area contributed by atoms with Gasteiger partial charge in [-0.3, -0.25) is 8.80 Å². The molecule has 0 unspecified atom stereocenters. The Morgan fingerprint density at radius 3 is 2.12 bits per heavy atom. The Morgan fingerprint density at radius 2 is 1.29 bits per heavy atom. The van der Waals surface area contributed by atoms with Crippen molar-refractivity contribution in [2.75, 3.05) is 0 Å². The van der Waals surface area contributed by atoms with Crippen LogP contribution in [0, 0.1) is 0 Å². The van der Waals surface area contributed by atoms with Crippen molar-refractivity contribution in [3.63, 3.8) is 0 Å². The third kappa shape index (κ3) is 3.12. The Morgan fingerprint density at radius 1 is 0.537 bits per heavy atom. The summed E-state index contributed by atoms with van der Waals surface area (Å²) in [6.45, 7) is 4.58. The first-order valence-electron chi connectivity index (χ1n) is 14.3. The molecule has 3 nitrogen and oxygen atoms in total. The van der Waals surface area contributed by atoms with Crippen LogP contribution in [0.4, 0.5) is 0 Å². The van der Waals surface area contributed by atoms with Gasteiger partial charge in [0.1, 0.15) is 0 Å². The highest BCUT2D eigenvalue weighted by atomic mass is 15.2. The molecule has 0 atom stereocenters. The number of hydrogen-bond acceptors (Lipinski definition) is 1. The SMILES string of the molecule is CC(C)c1ccc(-c2ccccc2)cc1-c1cc2c3cc4ccccc4cc3n3c2c(c1)n1c2ccccc2nc13. The Balaban J connectivity index is 1.46. The van der Waals surface area contributed by atoms with Crippen LogP contribution in [0.15, 0.2) is 121 Å². The maximum absolute atomic E-state index is 5.16. The average molecular weight is 526 g/mol. The molecule has 9 aromatic rings. The number of imidazole rings is 2. The summed E-state index contributed by atoms with van der Waals surface area (Å²) in [4.78, 5) is 5.16. The second-order valence-corrected chi connectivity index (χ2v) is 11.5. The molecule has 0 aliphatic rings. The van der Waals surface area contributed by atoms with E-state index in [2.05, 4.69) is 144 Å². The van der Waals surface area contributed by atoms with Crippen LogP contribution in [0.2, 0.25) is 0 Å². The number of benzene rings is 6. The lowest BCUT2D eigenvalue weighted by molar-refractivity contribution is 0.869. The maximum Gasteiger partial charge on any atom is 0.220 e. The molecule has 3 aromatic heterocycles. The minimum Gasteiger partial charge on any atom is -0.277 e. The van der Waals surface area contributed by atoms with Gasteiger partial charge in [0.25, 0.3) is 0 Å². The molecular weight excluding hydrogens is 498 g/mol. The number of fused-ring (bicyclic) bond motifs is 9. The summed E-state index contributed by atoms with van der Waals surface area (Å²) in [5, 5.41) is 5.04. The zero-order valence-electron chi connectivity index (χ0n) is 23.0. The summed E-state index contributed by atoms with van der Waals surface area (Å²) < 4.78 is 4.73. The van der Waals surface area contributed by atoms with E-state index in [9.17, 15) is 0 Å². The predicted molar refractivity (Wildman–Crippen MR) is 172 cm³/mol. The van der Waals surface area contributed by atoms with Gasteiger partial charge in [0, 0.05) is 10.8 Å². The van der Waals surface area contributed by atoms with E-state index in [4.69, 9.17) is 4.98 Å². The highest BCUT2D eigenvalue weighted by Gasteiger charge is 2.23. The van der Waals surface area contributed by atoms with Crippen LogP contribution in [0.3, 0.4) is 0 Å². The van der Waals surface area contributed by atoms with Gasteiger partial charge in [-0.2, -0.15) is 0 Å². The largest absolute Gasteiger partial charge is 0.277 e. The molecule has 0 saturated carbocycles. The van der Waals surface area contributed by atoms with Gasteiger partial charge in [-0.1, -0.05) is 92.7 Å². The lowest BCUT2D eigenvalue weighted by Gasteiger charge is -2.16. The summed E-state index contributed by atoms with van der Waals surface area (Å²) in [6, 6.07) is 44.3. The number of aromatic nitrogens is 3. The highest BCUT2D eigenvalue weighted by Crippen LogP contribution is 2.42. The minimum absolute atomic E-state index is 0.397. The number of nitrogens with zero attached hydrogens (tertiary/aromatic N) is 3. The Kier molecular flexibility index (Phi) is 4.52. The van der Waals surface area contributed by atoms with Crippen LogP contribution in [-0.2, 0) is 0 Å². The van der Waals surface area contributed by atoms with E-state index < -0.39 is 0 Å². The lowest BCUT2D eigenvalue weighted by Crippen LogP contribution is -1.94. The standard InChI is InChI=1S/C38H27N3/c1-23(2)29-17-16-27(24-10-4-3-5-11-24)18-30(29)28-20-32-31-19-25-12-6-7-13-26(25)21-35(31)41-37(32)36(22-28)40-34-15-9-8-14-33(34)39-38(40)41/h3-23H,1-2H3. The molecule has 0 spiro atoms. The van der Waals surface area contributed by atoms with E-state index >= 15 is 0 Å². The fourth-order valence-corrected chi connectivity index (χ4v) is 6.86. The molecular formula is C38H27N3. The van der Waals surface area contributed by atoms with Gasteiger partial charge in [0.15, 0.2) is 0 Å². The molecule has 194 valence electrons. The van der Waals surface area contributed by atoms with Gasteiger partial charge in [-0.15, -0.1) is 0 Å². The molecule has 0 aliphatic carbocycles. The first-order chi connectivity index (χ1) is 20.2. The van der Waals surface area contributed by atoms with E-state index in [1.54, 1.807) is 0 Å². The van der Waals surface area contributed by atoms with Gasteiger partial charge in [0.2, 0.25) is 5.78 Å². The molecule has 0 saturated heterocycles. The van der Waals surface area contributed by atoms with Crippen molar-refractivity contribution < 1.29 is 0 Å². The molecule has 0 amide bonds. The fraction of sp³-hybridized carbons (Fsp3) is 0.0789. The number of hydrogen-bond donors (Lipinski definition) is 0. The summed E-state index contributed by atoms with van der Waals surface area (Å²) >= 11 is 0. The van der Waals surface area contributed by atoms with E-state index in [1.165, 1.54) is 65.9 Å². The first kappa shape index (κ1) is 22.6. The molecule has 41 heavy (non-hydrogen) atoms. The molecule has 0 fully saturated rings. The minimum atomic E-state index is 0.397. The highest BCUT2D eigenvalue weighted by molar-refractivity contribution is 6.19. The van der Waals surface area contributed by atoms with Crippen LogP contribution in [0.25, 0.3) is 77.2 Å². The summed E-state index contributed by atoms with van der Waals surface area (Å²) in [5.41, 5.74) is 12.2. The van der Waals surface area contributed by atoms with Crippen molar-refractivity contribution in [1.82, 2.24) is 13.8 Å². The van der Waals surface area contributed by atoms with Crippen molar-refractivity contribution in [3.8, 4) is 22.3 Å². The molecule has 9 rings (SSSR count). The Labute approximate surface area is 237 Å². The normalized spacial score (nSPS) is 12.4. The lowest BCUT2D eigenvalue weighted by atomic mass is 9.89. The zero-order valence-corrected chi connectivity index (χ0v) is 23.0. The quantitative estimate of drug-likeness (QED) is 0.225. The predicted octanol–water partition coefficient (Wildman–Crippen LogP) is 10.1. The van der Waals surface area contributed by atoms with E-state index in [-0.39, 0.29) is 0 Å².